The number of benzene rings is 1. The zero-order valence-electron chi connectivity index (χ0n) is 10.4. The van der Waals surface area contributed by atoms with Gasteiger partial charge in [0, 0.05) is 11.8 Å². The molecule has 0 aliphatic rings. The lowest BCUT2D eigenvalue weighted by atomic mass is 9.92. The van der Waals surface area contributed by atoms with Gasteiger partial charge in [0.2, 0.25) is 5.91 Å². The number of nitrogens with zero attached hydrogens (tertiary/aromatic N) is 1. The smallest absolute Gasteiger partial charge is 0.224 e. The molecule has 2 N–H and O–H groups in total. The molecule has 0 atom stereocenters. The molecule has 0 unspecified atom stereocenters. The highest BCUT2D eigenvalue weighted by Gasteiger charge is 2.16. The summed E-state index contributed by atoms with van der Waals surface area (Å²) in [5, 5.41) is 10.7. The second-order valence-corrected chi connectivity index (χ2v) is 5.42. The predicted octanol–water partition coefficient (Wildman–Crippen LogP) is 2.94. The highest BCUT2D eigenvalue weighted by atomic mass is 16.1. The quantitative estimate of drug-likeness (QED) is 0.834. The zero-order valence-corrected chi connectivity index (χ0v) is 10.4. The third-order valence-electron chi connectivity index (χ3n) is 2.45. The molecule has 1 aromatic carbocycles. The number of carbonyl (C=O) groups excluding carboxylic acids is 1. The van der Waals surface area contributed by atoms with Crippen molar-refractivity contribution in [1.82, 2.24) is 10.2 Å². The van der Waals surface area contributed by atoms with Gasteiger partial charge in [0.15, 0.2) is 0 Å². The summed E-state index contributed by atoms with van der Waals surface area (Å²) in [7, 11) is 0. The predicted molar refractivity (Wildman–Crippen MR) is 68.8 cm³/mol. The number of rotatable bonds is 2. The Balaban J connectivity index is 2.18. The summed E-state index contributed by atoms with van der Waals surface area (Å²) in [6.07, 6.45) is 2.23. The van der Waals surface area contributed by atoms with Crippen LogP contribution in [0.15, 0.2) is 24.4 Å². The topological polar surface area (TPSA) is 57.8 Å². The molecule has 0 fully saturated rings. The highest BCUT2D eigenvalue weighted by molar-refractivity contribution is 6.00. The van der Waals surface area contributed by atoms with Crippen molar-refractivity contribution >= 4 is 22.5 Å². The van der Waals surface area contributed by atoms with Crippen molar-refractivity contribution in [1.29, 1.82) is 0 Å². The molecule has 0 saturated carbocycles. The van der Waals surface area contributed by atoms with Gasteiger partial charge in [0.1, 0.15) is 0 Å². The van der Waals surface area contributed by atoms with Crippen LogP contribution in [-0.4, -0.2) is 16.1 Å². The number of hydrogen-bond donors (Lipinski definition) is 2. The largest absolute Gasteiger partial charge is 0.325 e. The van der Waals surface area contributed by atoms with E-state index in [1.54, 1.807) is 6.20 Å². The number of nitrogens with one attached hydrogen (secondary N) is 2. The fraction of sp³-hybridized carbons (Fsp3) is 0.385. The van der Waals surface area contributed by atoms with E-state index in [-0.39, 0.29) is 11.3 Å². The third kappa shape index (κ3) is 2.84. The number of amides is 1. The van der Waals surface area contributed by atoms with Crippen LogP contribution in [0.5, 0.6) is 0 Å². The first-order valence-corrected chi connectivity index (χ1v) is 5.68. The Morgan fingerprint density at radius 2 is 2.18 bits per heavy atom. The van der Waals surface area contributed by atoms with Crippen LogP contribution in [0.3, 0.4) is 0 Å². The lowest BCUT2D eigenvalue weighted by molar-refractivity contribution is -0.117. The maximum Gasteiger partial charge on any atom is 0.224 e. The lowest BCUT2D eigenvalue weighted by Crippen LogP contribution is -2.19. The van der Waals surface area contributed by atoms with E-state index in [4.69, 9.17) is 0 Å². The first kappa shape index (κ1) is 11.6. The summed E-state index contributed by atoms with van der Waals surface area (Å²) in [4.78, 5) is 11.9. The number of aromatic nitrogens is 2. The van der Waals surface area contributed by atoms with E-state index in [2.05, 4.69) is 15.5 Å². The Hall–Kier alpha value is -1.84. The van der Waals surface area contributed by atoms with Gasteiger partial charge in [0.05, 0.1) is 17.4 Å². The van der Waals surface area contributed by atoms with E-state index >= 15 is 0 Å². The van der Waals surface area contributed by atoms with Crippen molar-refractivity contribution in [2.45, 2.75) is 27.2 Å². The van der Waals surface area contributed by atoms with Crippen molar-refractivity contribution in [3.63, 3.8) is 0 Å². The first-order valence-electron chi connectivity index (χ1n) is 5.68. The summed E-state index contributed by atoms with van der Waals surface area (Å²) in [5.41, 5.74) is 1.73. The van der Waals surface area contributed by atoms with Crippen LogP contribution in [-0.2, 0) is 4.79 Å². The minimum atomic E-state index is -0.00558. The molecule has 1 aromatic heterocycles. The maximum absolute atomic E-state index is 11.9. The molecule has 2 aromatic rings. The minimum Gasteiger partial charge on any atom is -0.325 e. The van der Waals surface area contributed by atoms with Crippen molar-refractivity contribution in [2.75, 3.05) is 5.32 Å². The summed E-state index contributed by atoms with van der Waals surface area (Å²) in [6.45, 7) is 6.14. The van der Waals surface area contributed by atoms with Crippen LogP contribution in [0.25, 0.3) is 10.9 Å². The van der Waals surface area contributed by atoms with Crippen molar-refractivity contribution in [3.05, 3.63) is 24.4 Å². The number of hydrogen-bond acceptors (Lipinski definition) is 2. The van der Waals surface area contributed by atoms with E-state index in [1.165, 1.54) is 0 Å². The number of carbonyl (C=O) groups is 1. The molecule has 0 radical (unpaired) electrons. The molecular formula is C13H17N3O. The molecule has 2 rings (SSSR count). The van der Waals surface area contributed by atoms with Crippen molar-refractivity contribution in [2.24, 2.45) is 5.41 Å². The van der Waals surface area contributed by atoms with E-state index in [0.29, 0.717) is 6.42 Å². The Morgan fingerprint density at radius 1 is 1.41 bits per heavy atom. The van der Waals surface area contributed by atoms with Gasteiger partial charge in [-0.2, -0.15) is 5.10 Å². The first-order chi connectivity index (χ1) is 7.96. The van der Waals surface area contributed by atoms with Crippen molar-refractivity contribution < 1.29 is 4.79 Å². The van der Waals surface area contributed by atoms with Crippen molar-refractivity contribution in [3.8, 4) is 0 Å². The fourth-order valence-corrected chi connectivity index (χ4v) is 1.75. The Labute approximate surface area is 100 Å². The minimum absolute atomic E-state index is 0.00558. The molecule has 17 heavy (non-hydrogen) atoms. The Kier molecular flexibility index (Phi) is 2.88. The monoisotopic (exact) mass is 231 g/mol. The van der Waals surface area contributed by atoms with E-state index < -0.39 is 0 Å². The summed E-state index contributed by atoms with van der Waals surface area (Å²) >= 11 is 0. The molecule has 4 heteroatoms. The molecule has 90 valence electrons. The Morgan fingerprint density at radius 3 is 2.88 bits per heavy atom. The van der Waals surface area contributed by atoms with Crippen LogP contribution in [0.4, 0.5) is 5.69 Å². The van der Waals surface area contributed by atoms with Crippen LogP contribution in [0.2, 0.25) is 0 Å². The highest BCUT2D eigenvalue weighted by Crippen LogP contribution is 2.23. The molecule has 0 spiro atoms. The van der Waals surface area contributed by atoms with Gasteiger partial charge in [-0.3, -0.25) is 9.89 Å². The second-order valence-electron chi connectivity index (χ2n) is 5.42. The van der Waals surface area contributed by atoms with E-state index in [1.807, 2.05) is 39.0 Å². The summed E-state index contributed by atoms with van der Waals surface area (Å²) in [6, 6.07) is 5.72. The van der Waals surface area contributed by atoms with Gasteiger partial charge in [-0.1, -0.05) is 26.8 Å². The van der Waals surface area contributed by atoms with Gasteiger partial charge in [-0.15, -0.1) is 0 Å². The van der Waals surface area contributed by atoms with Crippen LogP contribution >= 0.6 is 0 Å². The number of H-pyrrole nitrogens is 1. The van der Waals surface area contributed by atoms with Crippen LogP contribution in [0, 0.1) is 5.41 Å². The van der Waals surface area contributed by atoms with Gasteiger partial charge < -0.3 is 5.32 Å². The summed E-state index contributed by atoms with van der Waals surface area (Å²) < 4.78 is 0. The molecule has 0 bridgehead atoms. The lowest BCUT2D eigenvalue weighted by Gasteiger charge is -2.17. The third-order valence-corrected chi connectivity index (χ3v) is 2.45. The molecule has 0 aliphatic carbocycles. The van der Waals surface area contributed by atoms with E-state index in [9.17, 15) is 4.79 Å². The molecule has 1 amide bonds. The van der Waals surface area contributed by atoms with Gasteiger partial charge >= 0.3 is 0 Å². The SMILES string of the molecule is CC(C)(C)CC(=O)Nc1cccc2[nH]ncc12. The average molecular weight is 231 g/mol. The normalized spacial score (nSPS) is 11.7. The van der Waals surface area contributed by atoms with Gasteiger partial charge in [-0.25, -0.2) is 0 Å². The molecule has 1 heterocycles. The molecule has 0 aliphatic heterocycles. The molecule has 0 saturated heterocycles. The molecular weight excluding hydrogens is 214 g/mol. The summed E-state index contributed by atoms with van der Waals surface area (Å²) in [5.74, 6) is 0.0335. The fourth-order valence-electron chi connectivity index (χ4n) is 1.75. The Bertz CT molecular complexity index is 537. The zero-order chi connectivity index (χ0) is 12.5. The number of aromatic amines is 1. The second kappa shape index (κ2) is 4.20. The standard InChI is InChI=1S/C13H17N3O/c1-13(2,3)7-12(17)15-10-5-4-6-11-9(10)8-14-16-11/h4-6,8H,7H2,1-3H3,(H,14,16)(H,15,17). The van der Waals surface area contributed by atoms with Crippen LogP contribution in [0.1, 0.15) is 27.2 Å². The molecule has 4 nitrogen and oxygen atoms in total. The van der Waals surface area contributed by atoms with E-state index in [0.717, 1.165) is 16.6 Å². The van der Waals surface area contributed by atoms with Crippen LogP contribution < -0.4 is 5.32 Å². The number of fused-ring (bicyclic) bond motifs is 1. The van der Waals surface area contributed by atoms with Gasteiger partial charge in [0.25, 0.3) is 0 Å². The van der Waals surface area contributed by atoms with Gasteiger partial charge in [-0.05, 0) is 17.5 Å². The average Bonchev–Trinajstić information content (AvgIpc) is 2.63. The number of anilines is 1. The maximum atomic E-state index is 11.9.